The highest BCUT2D eigenvalue weighted by molar-refractivity contribution is 7.10. The smallest absolute Gasteiger partial charge is 0.223 e. The van der Waals surface area contributed by atoms with Crippen LogP contribution in [0.3, 0.4) is 0 Å². The Labute approximate surface area is 163 Å². The molecule has 0 spiro atoms. The third-order valence-electron chi connectivity index (χ3n) is 4.94. The lowest BCUT2D eigenvalue weighted by Gasteiger charge is -2.15. The lowest BCUT2D eigenvalue weighted by atomic mass is 10.0. The van der Waals surface area contributed by atoms with E-state index in [0.717, 1.165) is 40.4 Å². The van der Waals surface area contributed by atoms with Crippen molar-refractivity contribution >= 4 is 17.3 Å². The second-order valence-corrected chi connectivity index (χ2v) is 7.78. The molecule has 1 saturated carbocycles. The van der Waals surface area contributed by atoms with E-state index in [0.29, 0.717) is 12.0 Å². The minimum atomic E-state index is -0.486. The molecular weight excluding hydrogens is 354 g/mol. The van der Waals surface area contributed by atoms with E-state index in [1.807, 2.05) is 42.6 Å². The van der Waals surface area contributed by atoms with Crippen molar-refractivity contribution in [3.05, 3.63) is 58.2 Å². The van der Waals surface area contributed by atoms with E-state index < -0.39 is 5.92 Å². The quantitative estimate of drug-likeness (QED) is 0.685. The van der Waals surface area contributed by atoms with Gasteiger partial charge in [-0.2, -0.15) is 5.26 Å². The van der Waals surface area contributed by atoms with Gasteiger partial charge in [0.2, 0.25) is 5.95 Å². The van der Waals surface area contributed by atoms with Crippen LogP contribution >= 0.6 is 11.3 Å². The lowest BCUT2D eigenvalue weighted by Crippen LogP contribution is -2.18. The molecule has 1 N–H and O–H groups in total. The van der Waals surface area contributed by atoms with Crippen LogP contribution in [0.25, 0.3) is 11.3 Å². The maximum Gasteiger partial charge on any atom is 0.223 e. The van der Waals surface area contributed by atoms with Gasteiger partial charge in [-0.25, -0.2) is 15.0 Å². The highest BCUT2D eigenvalue weighted by Crippen LogP contribution is 2.31. The molecule has 1 fully saturated rings. The molecule has 1 unspecified atom stereocenters. The van der Waals surface area contributed by atoms with Crippen molar-refractivity contribution in [2.75, 3.05) is 5.32 Å². The highest BCUT2D eigenvalue weighted by Gasteiger charge is 2.23. The van der Waals surface area contributed by atoms with Crippen LogP contribution in [0.1, 0.15) is 47.9 Å². The monoisotopic (exact) mass is 375 g/mol. The zero-order valence-electron chi connectivity index (χ0n) is 15.2. The van der Waals surface area contributed by atoms with Gasteiger partial charge >= 0.3 is 0 Å². The third kappa shape index (κ3) is 3.83. The predicted molar refractivity (Wildman–Crippen MR) is 108 cm³/mol. The Bertz CT molecular complexity index is 954. The molecule has 0 aliphatic heterocycles. The Balaban J connectivity index is 1.62. The van der Waals surface area contributed by atoms with E-state index in [-0.39, 0.29) is 0 Å². The van der Waals surface area contributed by atoms with Gasteiger partial charge in [-0.1, -0.05) is 43.2 Å². The van der Waals surface area contributed by atoms with Crippen molar-refractivity contribution in [1.82, 2.24) is 15.0 Å². The standard InChI is InChI=1S/C21H21N5S/c1-14-12-23-21(24-16-9-5-6-10-16)26-19(14)17(11-22)20-25-18(13-27-20)15-7-3-2-4-8-15/h2-4,7-8,12-13,16-17H,5-6,9-10H2,1H3,(H,23,24,26). The average molecular weight is 376 g/mol. The topological polar surface area (TPSA) is 74.5 Å². The SMILES string of the molecule is Cc1cnc(NC2CCCC2)nc1C(C#N)c1nc(-c2ccccc2)cs1. The fourth-order valence-electron chi connectivity index (χ4n) is 3.46. The van der Waals surface area contributed by atoms with Crippen molar-refractivity contribution < 1.29 is 0 Å². The van der Waals surface area contributed by atoms with Crippen LogP contribution in [-0.4, -0.2) is 21.0 Å². The molecule has 1 aliphatic rings. The Morgan fingerprint density at radius 2 is 1.96 bits per heavy atom. The van der Waals surface area contributed by atoms with Gasteiger partial charge in [0.15, 0.2) is 0 Å². The summed E-state index contributed by atoms with van der Waals surface area (Å²) in [6, 6.07) is 12.8. The summed E-state index contributed by atoms with van der Waals surface area (Å²) < 4.78 is 0. The zero-order valence-corrected chi connectivity index (χ0v) is 16.0. The number of nitrogens with zero attached hydrogens (tertiary/aromatic N) is 4. The molecule has 0 radical (unpaired) electrons. The molecule has 0 bridgehead atoms. The summed E-state index contributed by atoms with van der Waals surface area (Å²) in [6.07, 6.45) is 6.61. The number of aryl methyl sites for hydroxylation is 1. The number of hydrogen-bond acceptors (Lipinski definition) is 6. The molecule has 136 valence electrons. The largest absolute Gasteiger partial charge is 0.351 e. The number of rotatable bonds is 5. The first kappa shape index (κ1) is 17.6. The summed E-state index contributed by atoms with van der Waals surface area (Å²) in [5, 5.41) is 16.0. The van der Waals surface area contributed by atoms with E-state index >= 15 is 0 Å². The normalized spacial score (nSPS) is 15.4. The summed E-state index contributed by atoms with van der Waals surface area (Å²) >= 11 is 1.50. The van der Waals surface area contributed by atoms with Crippen molar-refractivity contribution in [2.24, 2.45) is 0 Å². The minimum Gasteiger partial charge on any atom is -0.351 e. The van der Waals surface area contributed by atoms with Crippen molar-refractivity contribution in [3.8, 4) is 17.3 Å². The van der Waals surface area contributed by atoms with Gasteiger partial charge in [-0.05, 0) is 25.3 Å². The van der Waals surface area contributed by atoms with Gasteiger partial charge < -0.3 is 5.32 Å². The summed E-state index contributed by atoms with van der Waals surface area (Å²) in [4.78, 5) is 13.8. The van der Waals surface area contributed by atoms with Gasteiger partial charge in [0, 0.05) is 23.2 Å². The van der Waals surface area contributed by atoms with Crippen molar-refractivity contribution in [3.63, 3.8) is 0 Å². The van der Waals surface area contributed by atoms with Gasteiger partial charge in [0.25, 0.3) is 0 Å². The Morgan fingerprint density at radius 1 is 1.19 bits per heavy atom. The van der Waals surface area contributed by atoms with Gasteiger partial charge in [-0.3, -0.25) is 0 Å². The molecule has 3 aromatic rings. The molecule has 1 atom stereocenters. The summed E-state index contributed by atoms with van der Waals surface area (Å²) in [5.41, 5.74) is 3.60. The van der Waals surface area contributed by atoms with E-state index in [1.54, 1.807) is 6.20 Å². The summed E-state index contributed by atoms with van der Waals surface area (Å²) in [6.45, 7) is 1.95. The lowest BCUT2D eigenvalue weighted by molar-refractivity contribution is 0.740. The minimum absolute atomic E-state index is 0.436. The van der Waals surface area contributed by atoms with Crippen LogP contribution < -0.4 is 5.32 Å². The van der Waals surface area contributed by atoms with E-state index in [9.17, 15) is 5.26 Å². The maximum atomic E-state index is 9.85. The molecule has 6 heteroatoms. The molecule has 2 heterocycles. The Morgan fingerprint density at radius 3 is 2.70 bits per heavy atom. The third-order valence-corrected chi connectivity index (χ3v) is 5.85. The van der Waals surface area contributed by atoms with Crippen molar-refractivity contribution in [1.29, 1.82) is 5.26 Å². The van der Waals surface area contributed by atoms with Crippen LogP contribution in [0, 0.1) is 18.3 Å². The molecular formula is C21H21N5S. The summed E-state index contributed by atoms with van der Waals surface area (Å²) in [5.74, 6) is 0.127. The molecule has 27 heavy (non-hydrogen) atoms. The number of benzene rings is 1. The van der Waals surface area contributed by atoms with Crippen LogP contribution in [0.4, 0.5) is 5.95 Å². The van der Waals surface area contributed by atoms with E-state index in [2.05, 4.69) is 21.4 Å². The molecule has 0 amide bonds. The van der Waals surface area contributed by atoms with E-state index in [4.69, 9.17) is 4.98 Å². The number of aromatic nitrogens is 3. The number of hydrogen-bond donors (Lipinski definition) is 1. The van der Waals surface area contributed by atoms with Crippen LogP contribution in [0.2, 0.25) is 0 Å². The first-order valence-corrected chi connectivity index (χ1v) is 10.1. The summed E-state index contributed by atoms with van der Waals surface area (Å²) in [7, 11) is 0. The maximum absolute atomic E-state index is 9.85. The zero-order chi connectivity index (χ0) is 18.6. The molecule has 1 aliphatic carbocycles. The van der Waals surface area contributed by atoms with Crippen LogP contribution in [0.15, 0.2) is 41.9 Å². The number of nitrogens with one attached hydrogen (secondary N) is 1. The van der Waals surface area contributed by atoms with Gasteiger partial charge in [-0.15, -0.1) is 11.3 Å². The number of anilines is 1. The van der Waals surface area contributed by atoms with Gasteiger partial charge in [0.1, 0.15) is 10.9 Å². The fraction of sp³-hybridized carbons (Fsp3) is 0.333. The first-order valence-electron chi connectivity index (χ1n) is 9.25. The van der Waals surface area contributed by atoms with Crippen molar-refractivity contribution in [2.45, 2.75) is 44.6 Å². The second-order valence-electron chi connectivity index (χ2n) is 6.89. The molecule has 1 aromatic carbocycles. The second kappa shape index (κ2) is 7.85. The average Bonchev–Trinajstić information content (AvgIpc) is 3.38. The fourth-order valence-corrected chi connectivity index (χ4v) is 4.34. The molecule has 0 saturated heterocycles. The highest BCUT2D eigenvalue weighted by atomic mass is 32.1. The Kier molecular flexibility index (Phi) is 5.12. The number of thiazole rings is 1. The molecule has 4 rings (SSSR count). The predicted octanol–water partition coefficient (Wildman–Crippen LogP) is 4.92. The van der Waals surface area contributed by atoms with E-state index in [1.165, 1.54) is 24.2 Å². The number of nitriles is 1. The molecule has 5 nitrogen and oxygen atoms in total. The van der Waals surface area contributed by atoms with Crippen LogP contribution in [-0.2, 0) is 0 Å². The Hall–Kier alpha value is -2.78. The van der Waals surface area contributed by atoms with Gasteiger partial charge in [0.05, 0.1) is 17.5 Å². The van der Waals surface area contributed by atoms with Crippen LogP contribution in [0.5, 0.6) is 0 Å². The molecule has 2 aromatic heterocycles. The first-order chi connectivity index (χ1) is 13.2.